The molecule has 12 heteroatoms. The van der Waals surface area contributed by atoms with Crippen LogP contribution in [-0.4, -0.2) is 78.6 Å². The number of hydrogen-bond donors (Lipinski definition) is 1. The van der Waals surface area contributed by atoms with Gasteiger partial charge in [0.05, 0.1) is 6.26 Å². The van der Waals surface area contributed by atoms with Gasteiger partial charge in [0.25, 0.3) is 0 Å². The molecule has 2 saturated carbocycles. The number of benzene rings is 1. The van der Waals surface area contributed by atoms with Gasteiger partial charge in [0.15, 0.2) is 5.78 Å². The molecule has 6 rings (SSSR count). The van der Waals surface area contributed by atoms with Gasteiger partial charge in [0.2, 0.25) is 10.0 Å². The van der Waals surface area contributed by atoms with Gasteiger partial charge in [-0.25, -0.2) is 8.42 Å². The fourth-order valence-corrected chi connectivity index (χ4v) is 9.87. The summed E-state index contributed by atoms with van der Waals surface area (Å²) in [6.45, 7) is 3.98. The third-order valence-electron chi connectivity index (χ3n) is 11.4. The van der Waals surface area contributed by atoms with Crippen molar-refractivity contribution >= 4 is 15.8 Å². The molecular formula is C32H39F5N2O4S. The molecule has 5 aliphatic rings. The van der Waals surface area contributed by atoms with Gasteiger partial charge in [0.1, 0.15) is 5.60 Å². The maximum atomic E-state index is 15.2. The van der Waals surface area contributed by atoms with E-state index < -0.39 is 51.4 Å². The third kappa shape index (κ3) is 4.98. The van der Waals surface area contributed by atoms with Crippen LogP contribution in [-0.2, 0) is 21.4 Å². The van der Waals surface area contributed by atoms with Crippen molar-refractivity contribution in [1.29, 1.82) is 0 Å². The number of piperazine rings is 1. The fraction of sp³-hybridized carbons (Fsp3) is 0.656. The van der Waals surface area contributed by atoms with Crippen LogP contribution in [0.15, 0.2) is 47.1 Å². The van der Waals surface area contributed by atoms with E-state index >= 15 is 8.78 Å². The molecule has 0 bridgehead atoms. The molecule has 1 heterocycles. The first-order chi connectivity index (χ1) is 20.5. The van der Waals surface area contributed by atoms with E-state index in [4.69, 9.17) is 0 Å². The van der Waals surface area contributed by atoms with E-state index in [2.05, 4.69) is 4.90 Å². The van der Waals surface area contributed by atoms with E-state index in [-0.39, 0.29) is 24.5 Å². The third-order valence-corrected chi connectivity index (χ3v) is 12.7. The first-order valence-electron chi connectivity index (χ1n) is 15.4. The molecule has 44 heavy (non-hydrogen) atoms. The highest BCUT2D eigenvalue weighted by Gasteiger charge is 2.79. The minimum absolute atomic E-state index is 0.0433. The maximum absolute atomic E-state index is 15.2. The van der Waals surface area contributed by atoms with E-state index in [0.29, 0.717) is 58.4 Å². The molecule has 0 aromatic heterocycles. The molecule has 1 aliphatic heterocycles. The van der Waals surface area contributed by atoms with Crippen LogP contribution < -0.4 is 0 Å². The van der Waals surface area contributed by atoms with Crippen molar-refractivity contribution < 1.29 is 40.3 Å². The van der Waals surface area contributed by atoms with E-state index in [9.17, 15) is 31.5 Å². The second kappa shape index (κ2) is 10.7. The van der Waals surface area contributed by atoms with Gasteiger partial charge in [-0.1, -0.05) is 36.8 Å². The summed E-state index contributed by atoms with van der Waals surface area (Å²) in [4.78, 5) is 14.4. The van der Waals surface area contributed by atoms with Crippen molar-refractivity contribution in [3.8, 4) is 0 Å². The zero-order valence-corrected chi connectivity index (χ0v) is 25.8. The van der Waals surface area contributed by atoms with Crippen molar-refractivity contribution in [2.24, 2.45) is 17.3 Å². The highest BCUT2D eigenvalue weighted by atomic mass is 32.2. The number of allylic oxidation sites excluding steroid dienone is 4. The Morgan fingerprint density at radius 2 is 1.64 bits per heavy atom. The minimum atomic E-state index is -5.88. The van der Waals surface area contributed by atoms with Crippen molar-refractivity contribution in [2.75, 3.05) is 32.4 Å². The number of carbonyl (C=O) groups excluding carboxylic acids is 1. The first-order valence-corrected chi connectivity index (χ1v) is 17.2. The molecule has 242 valence electrons. The number of alkyl halides is 5. The summed E-state index contributed by atoms with van der Waals surface area (Å²) in [6, 6.07) is 7.68. The number of hydrogen-bond acceptors (Lipinski definition) is 5. The van der Waals surface area contributed by atoms with Gasteiger partial charge < -0.3 is 5.11 Å². The number of carbonyl (C=O) groups is 1. The molecular weight excluding hydrogens is 603 g/mol. The number of halogens is 5. The maximum Gasteiger partial charge on any atom is 0.456 e. The summed E-state index contributed by atoms with van der Waals surface area (Å²) in [6.07, 6.45) is -1.64. The molecule has 0 radical (unpaired) electrons. The quantitative estimate of drug-likeness (QED) is 0.424. The van der Waals surface area contributed by atoms with E-state index in [1.165, 1.54) is 17.5 Å². The lowest BCUT2D eigenvalue weighted by Gasteiger charge is -2.56. The van der Waals surface area contributed by atoms with Crippen molar-refractivity contribution in [1.82, 2.24) is 9.21 Å². The van der Waals surface area contributed by atoms with Crippen LogP contribution >= 0.6 is 0 Å². The Morgan fingerprint density at radius 1 is 0.977 bits per heavy atom. The summed E-state index contributed by atoms with van der Waals surface area (Å²) >= 11 is 0. The van der Waals surface area contributed by atoms with Crippen LogP contribution in [0.4, 0.5) is 22.0 Å². The zero-order chi connectivity index (χ0) is 31.9. The highest BCUT2D eigenvalue weighted by molar-refractivity contribution is 7.88. The Balaban J connectivity index is 1.35. The standard InChI is InChI=1S/C32H39F5N2O4S/c1-29-18-26(21-5-3-20(4-6-21)19-38-13-15-39(16-14-38)44(2,42)43)28-24-10-8-23(40)17-22(24)7-9-25(28)27(29)11-12-30(29,41)31(33,34)32(35,36)37/h3-6,17,25-27,41H,7-16,18-19H2,1-2H3/t25-,26+,27-,29-,30-/m0/s1. The Morgan fingerprint density at radius 3 is 2.25 bits per heavy atom. The molecule has 1 aromatic rings. The Labute approximate surface area is 255 Å². The largest absolute Gasteiger partial charge is 0.456 e. The Hall–Kier alpha value is -2.15. The van der Waals surface area contributed by atoms with Gasteiger partial charge in [-0.2, -0.15) is 26.3 Å². The molecule has 1 N–H and O–H groups in total. The van der Waals surface area contributed by atoms with E-state index in [1.54, 1.807) is 6.08 Å². The summed E-state index contributed by atoms with van der Waals surface area (Å²) < 4.78 is 96.9. The van der Waals surface area contributed by atoms with Crippen LogP contribution in [0.25, 0.3) is 0 Å². The molecule has 5 atom stereocenters. The van der Waals surface area contributed by atoms with Gasteiger partial charge in [-0.15, -0.1) is 0 Å². The molecule has 3 fully saturated rings. The number of aliphatic hydroxyl groups is 1. The van der Waals surface area contributed by atoms with Crippen molar-refractivity contribution in [3.05, 3.63) is 58.2 Å². The smallest absolute Gasteiger partial charge is 0.383 e. The topological polar surface area (TPSA) is 77.9 Å². The Kier molecular flexibility index (Phi) is 7.74. The lowest BCUT2D eigenvalue weighted by Crippen LogP contribution is -2.65. The van der Waals surface area contributed by atoms with Gasteiger partial charge in [0, 0.05) is 50.5 Å². The SMILES string of the molecule is C[C@]12C[C@H](c3ccc(CN4CCN(S(C)(=O)=O)CC4)cc3)C3=C4CCC(=O)C=C4CC[C@H]3[C@@H]1CC[C@@]2(O)C(F)(F)C(F)(F)F. The average molecular weight is 643 g/mol. The monoisotopic (exact) mass is 642 g/mol. The molecule has 1 aromatic carbocycles. The lowest BCUT2D eigenvalue weighted by atomic mass is 9.50. The van der Waals surface area contributed by atoms with Crippen LogP contribution in [0, 0.1) is 17.3 Å². The molecule has 6 nitrogen and oxygen atoms in total. The zero-order valence-electron chi connectivity index (χ0n) is 25.0. The Bertz CT molecular complexity index is 1500. The number of sulfonamides is 1. The van der Waals surface area contributed by atoms with Crippen molar-refractivity contribution in [2.45, 2.75) is 82.0 Å². The van der Waals surface area contributed by atoms with Crippen LogP contribution in [0.3, 0.4) is 0 Å². The predicted molar refractivity (Wildman–Crippen MR) is 154 cm³/mol. The van der Waals surface area contributed by atoms with E-state index in [1.807, 2.05) is 24.3 Å². The highest BCUT2D eigenvalue weighted by Crippen LogP contribution is 2.70. The van der Waals surface area contributed by atoms with Gasteiger partial charge >= 0.3 is 12.1 Å². The van der Waals surface area contributed by atoms with Crippen LogP contribution in [0.2, 0.25) is 0 Å². The van der Waals surface area contributed by atoms with Gasteiger partial charge in [-0.3, -0.25) is 9.69 Å². The summed E-state index contributed by atoms with van der Waals surface area (Å²) in [7, 11) is -3.25. The number of fused-ring (bicyclic) bond motifs is 4. The fourth-order valence-electron chi connectivity index (χ4n) is 9.05. The van der Waals surface area contributed by atoms with Gasteiger partial charge in [-0.05, 0) is 78.7 Å². The first kappa shape index (κ1) is 31.8. The van der Waals surface area contributed by atoms with Crippen LogP contribution in [0.5, 0.6) is 0 Å². The summed E-state index contributed by atoms with van der Waals surface area (Å²) in [5.74, 6) is -6.50. The molecule has 0 amide bonds. The van der Waals surface area contributed by atoms with E-state index in [0.717, 1.165) is 27.8 Å². The average Bonchev–Trinajstić information content (AvgIpc) is 3.23. The normalized spacial score (nSPS) is 34.0. The van der Waals surface area contributed by atoms with Crippen molar-refractivity contribution in [3.63, 3.8) is 0 Å². The second-order valence-corrected chi connectivity index (χ2v) is 15.6. The molecule has 0 unspecified atom stereocenters. The lowest BCUT2D eigenvalue weighted by molar-refractivity contribution is -0.362. The minimum Gasteiger partial charge on any atom is -0.383 e. The molecule has 1 saturated heterocycles. The summed E-state index contributed by atoms with van der Waals surface area (Å²) in [5, 5.41) is 11.4. The molecule has 4 aliphatic carbocycles. The molecule has 0 spiro atoms. The predicted octanol–water partition coefficient (Wildman–Crippen LogP) is 5.59. The second-order valence-electron chi connectivity index (χ2n) is 13.6. The number of rotatable bonds is 5. The summed E-state index contributed by atoms with van der Waals surface area (Å²) in [5.41, 5.74) is -0.117. The number of nitrogens with zero attached hydrogens (tertiary/aromatic N) is 2. The number of ketones is 1. The van der Waals surface area contributed by atoms with Crippen LogP contribution in [0.1, 0.15) is 68.9 Å².